The first-order valence-corrected chi connectivity index (χ1v) is 9.85. The highest BCUT2D eigenvalue weighted by atomic mass is 32.2. The van der Waals surface area contributed by atoms with Crippen LogP contribution in [0.4, 0.5) is 0 Å². The van der Waals surface area contributed by atoms with Gasteiger partial charge in [-0.15, -0.1) is 5.10 Å². The maximum atomic E-state index is 12.4. The lowest BCUT2D eigenvalue weighted by Gasteiger charge is -2.21. The van der Waals surface area contributed by atoms with Gasteiger partial charge in [0.25, 0.3) is 0 Å². The largest absolute Gasteiger partial charge is 0.486 e. The fourth-order valence-electron chi connectivity index (χ4n) is 2.83. The number of carbonyl (C=O) groups is 1. The molecular weight excluding hydrogens is 378 g/mol. The first-order chi connectivity index (χ1) is 13.7. The number of para-hydroxylation sites is 1. The van der Waals surface area contributed by atoms with E-state index in [0.717, 1.165) is 17.0 Å². The number of benzene rings is 2. The van der Waals surface area contributed by atoms with Crippen LogP contribution in [-0.4, -0.2) is 45.1 Å². The molecule has 2 aromatic carbocycles. The van der Waals surface area contributed by atoms with Crippen molar-refractivity contribution in [1.82, 2.24) is 25.5 Å². The van der Waals surface area contributed by atoms with Gasteiger partial charge in [-0.1, -0.05) is 36.0 Å². The van der Waals surface area contributed by atoms with Gasteiger partial charge in [-0.05, 0) is 47.2 Å². The van der Waals surface area contributed by atoms with Crippen LogP contribution in [0.5, 0.6) is 11.5 Å². The van der Waals surface area contributed by atoms with E-state index in [4.69, 9.17) is 9.47 Å². The van der Waals surface area contributed by atoms with E-state index in [-0.39, 0.29) is 17.7 Å². The molecule has 1 N–H and O–H groups in total. The van der Waals surface area contributed by atoms with Gasteiger partial charge in [0.1, 0.15) is 13.2 Å². The van der Waals surface area contributed by atoms with Crippen molar-refractivity contribution in [1.29, 1.82) is 0 Å². The van der Waals surface area contributed by atoms with Gasteiger partial charge in [0, 0.05) is 0 Å². The summed E-state index contributed by atoms with van der Waals surface area (Å²) in [5.41, 5.74) is 1.80. The lowest BCUT2D eigenvalue weighted by Crippen LogP contribution is -2.28. The van der Waals surface area contributed by atoms with Crippen LogP contribution in [0.3, 0.4) is 0 Å². The Labute approximate surface area is 166 Å². The van der Waals surface area contributed by atoms with Crippen molar-refractivity contribution in [3.63, 3.8) is 0 Å². The topological polar surface area (TPSA) is 91.2 Å². The molecule has 1 aliphatic rings. The van der Waals surface area contributed by atoms with Crippen LogP contribution in [0.2, 0.25) is 0 Å². The number of nitrogens with one attached hydrogen (secondary N) is 1. The Kier molecular flexibility index (Phi) is 5.43. The average Bonchev–Trinajstić information content (AvgIpc) is 3.21. The highest BCUT2D eigenvalue weighted by molar-refractivity contribution is 7.99. The number of aromatic nitrogens is 4. The zero-order chi connectivity index (χ0) is 19.3. The molecule has 0 bridgehead atoms. The molecule has 4 rings (SSSR count). The molecule has 0 aliphatic carbocycles. The van der Waals surface area contributed by atoms with E-state index in [1.807, 2.05) is 55.5 Å². The van der Waals surface area contributed by atoms with Crippen LogP contribution >= 0.6 is 11.8 Å². The Morgan fingerprint density at radius 1 is 1.18 bits per heavy atom. The second-order valence-electron chi connectivity index (χ2n) is 6.19. The van der Waals surface area contributed by atoms with Gasteiger partial charge in [0.05, 0.1) is 17.5 Å². The molecule has 1 amide bonds. The minimum absolute atomic E-state index is 0.102. The zero-order valence-electron chi connectivity index (χ0n) is 15.2. The predicted octanol–water partition coefficient (Wildman–Crippen LogP) is 2.40. The van der Waals surface area contributed by atoms with Crippen molar-refractivity contribution < 1.29 is 14.3 Å². The summed E-state index contributed by atoms with van der Waals surface area (Å²) in [5, 5.41) is 15.3. The van der Waals surface area contributed by atoms with Crippen LogP contribution in [-0.2, 0) is 4.79 Å². The third-order valence-corrected chi connectivity index (χ3v) is 5.14. The average molecular weight is 397 g/mol. The van der Waals surface area contributed by atoms with Gasteiger partial charge in [0.15, 0.2) is 11.5 Å². The number of thioether (sulfide) groups is 1. The normalized spacial score (nSPS) is 13.8. The molecule has 1 aromatic heterocycles. The monoisotopic (exact) mass is 397 g/mol. The van der Waals surface area contributed by atoms with Crippen molar-refractivity contribution >= 4 is 17.7 Å². The molecule has 8 nitrogen and oxygen atoms in total. The molecule has 0 saturated carbocycles. The molecule has 0 fully saturated rings. The van der Waals surface area contributed by atoms with Gasteiger partial charge in [-0.2, -0.15) is 4.68 Å². The molecule has 3 aromatic rings. The Morgan fingerprint density at radius 2 is 1.96 bits per heavy atom. The fourth-order valence-corrected chi connectivity index (χ4v) is 3.53. The summed E-state index contributed by atoms with van der Waals surface area (Å²) in [7, 11) is 0. The molecule has 9 heteroatoms. The zero-order valence-corrected chi connectivity index (χ0v) is 16.1. The van der Waals surface area contributed by atoms with Crippen LogP contribution in [0.15, 0.2) is 53.7 Å². The number of carbonyl (C=O) groups excluding carboxylic acids is 1. The Hall–Kier alpha value is -3.07. The number of hydrogen-bond acceptors (Lipinski definition) is 7. The summed E-state index contributed by atoms with van der Waals surface area (Å²) in [5.74, 6) is 1.55. The van der Waals surface area contributed by atoms with E-state index >= 15 is 0 Å². The minimum Gasteiger partial charge on any atom is -0.486 e. The molecule has 0 saturated heterocycles. The van der Waals surface area contributed by atoms with E-state index < -0.39 is 0 Å². The van der Waals surface area contributed by atoms with E-state index in [2.05, 4.69) is 20.8 Å². The fraction of sp³-hybridized carbons (Fsp3) is 0.263. The third kappa shape index (κ3) is 4.09. The summed E-state index contributed by atoms with van der Waals surface area (Å²) in [6, 6.07) is 15.1. The standard InChI is InChI=1S/C19H19N5O3S/c1-13(14-7-8-16-17(11-14)27-10-9-26-16)20-18(25)12-28-19-21-22-23-24(19)15-5-3-2-4-6-15/h2-8,11,13H,9-10,12H2,1H3,(H,20,25)/t13-/m1/s1. The van der Waals surface area contributed by atoms with Gasteiger partial charge in [-0.25, -0.2) is 0 Å². The van der Waals surface area contributed by atoms with Crippen LogP contribution in [0, 0.1) is 0 Å². The molecule has 2 heterocycles. The maximum absolute atomic E-state index is 12.4. The Bertz CT molecular complexity index is 963. The van der Waals surface area contributed by atoms with Crippen LogP contribution in [0.25, 0.3) is 5.69 Å². The number of tetrazole rings is 1. The first kappa shape index (κ1) is 18.3. The van der Waals surface area contributed by atoms with Crippen molar-refractivity contribution in [2.24, 2.45) is 0 Å². The maximum Gasteiger partial charge on any atom is 0.230 e. The first-order valence-electron chi connectivity index (χ1n) is 8.86. The molecule has 144 valence electrons. The number of amides is 1. The van der Waals surface area contributed by atoms with Crippen molar-refractivity contribution in [2.45, 2.75) is 18.1 Å². The lowest BCUT2D eigenvalue weighted by atomic mass is 10.1. The summed E-state index contributed by atoms with van der Waals surface area (Å²) in [4.78, 5) is 12.4. The summed E-state index contributed by atoms with van der Waals surface area (Å²) >= 11 is 1.29. The molecule has 1 aliphatic heterocycles. The van der Waals surface area contributed by atoms with E-state index in [1.54, 1.807) is 4.68 Å². The smallest absolute Gasteiger partial charge is 0.230 e. The van der Waals surface area contributed by atoms with Gasteiger partial charge < -0.3 is 14.8 Å². The minimum atomic E-state index is -0.158. The number of rotatable bonds is 6. The summed E-state index contributed by atoms with van der Waals surface area (Å²) in [6.45, 7) is 3.02. The van der Waals surface area contributed by atoms with Crippen molar-refractivity contribution in [3.05, 3.63) is 54.1 Å². The van der Waals surface area contributed by atoms with E-state index in [1.165, 1.54) is 11.8 Å². The Morgan fingerprint density at radius 3 is 2.79 bits per heavy atom. The highest BCUT2D eigenvalue weighted by Crippen LogP contribution is 2.32. The van der Waals surface area contributed by atoms with Crippen molar-refractivity contribution in [3.8, 4) is 17.2 Å². The Balaban J connectivity index is 1.36. The number of fused-ring (bicyclic) bond motifs is 1. The SMILES string of the molecule is C[C@@H](NC(=O)CSc1nnnn1-c1ccccc1)c1ccc2c(c1)OCCO2. The molecule has 0 spiro atoms. The van der Waals surface area contributed by atoms with E-state index in [0.29, 0.717) is 24.1 Å². The van der Waals surface area contributed by atoms with Crippen molar-refractivity contribution in [2.75, 3.05) is 19.0 Å². The second kappa shape index (κ2) is 8.30. The van der Waals surface area contributed by atoms with Gasteiger partial charge >= 0.3 is 0 Å². The van der Waals surface area contributed by atoms with Crippen LogP contribution in [0.1, 0.15) is 18.5 Å². The number of hydrogen-bond donors (Lipinski definition) is 1. The van der Waals surface area contributed by atoms with Crippen LogP contribution < -0.4 is 14.8 Å². The molecule has 1 atom stereocenters. The van der Waals surface area contributed by atoms with E-state index in [9.17, 15) is 4.79 Å². The highest BCUT2D eigenvalue weighted by Gasteiger charge is 2.17. The molecular formula is C19H19N5O3S. The summed E-state index contributed by atoms with van der Waals surface area (Å²) < 4.78 is 12.7. The lowest BCUT2D eigenvalue weighted by molar-refractivity contribution is -0.119. The predicted molar refractivity (Wildman–Crippen MR) is 104 cm³/mol. The number of ether oxygens (including phenoxy) is 2. The van der Waals surface area contributed by atoms with Gasteiger partial charge in [0.2, 0.25) is 11.1 Å². The summed E-state index contributed by atoms with van der Waals surface area (Å²) in [6.07, 6.45) is 0. The molecule has 0 radical (unpaired) electrons. The quantitative estimate of drug-likeness (QED) is 0.639. The molecule has 28 heavy (non-hydrogen) atoms. The second-order valence-corrected chi connectivity index (χ2v) is 7.13. The molecule has 0 unspecified atom stereocenters. The number of nitrogens with zero attached hydrogens (tertiary/aromatic N) is 4. The van der Waals surface area contributed by atoms with Gasteiger partial charge in [-0.3, -0.25) is 4.79 Å². The third-order valence-electron chi connectivity index (χ3n) is 4.22.